The first kappa shape index (κ1) is 22.0. The molecule has 2 aromatic rings. The third-order valence-electron chi connectivity index (χ3n) is 4.76. The van der Waals surface area contributed by atoms with Gasteiger partial charge in [0, 0.05) is 37.9 Å². The van der Waals surface area contributed by atoms with Gasteiger partial charge in [0.15, 0.2) is 6.61 Å². The van der Waals surface area contributed by atoms with Crippen molar-refractivity contribution >= 4 is 23.6 Å². The van der Waals surface area contributed by atoms with E-state index in [9.17, 15) is 14.0 Å². The minimum absolute atomic E-state index is 0.00782. The summed E-state index contributed by atoms with van der Waals surface area (Å²) in [5, 5.41) is 11.2. The molecule has 1 heterocycles. The summed E-state index contributed by atoms with van der Waals surface area (Å²) in [5.41, 5.74) is 1.28. The van der Waals surface area contributed by atoms with Crippen LogP contribution in [0.3, 0.4) is 0 Å². The maximum Gasteiger partial charge on any atom is 0.246 e. The maximum atomic E-state index is 13.2. The van der Waals surface area contributed by atoms with Gasteiger partial charge in [-0.2, -0.15) is 5.26 Å². The number of piperazine rings is 1. The SMILES string of the molecule is N#CCOc1ccc(/C=C/C(=O)N2CCN(CC(=O)Nc3cccc(F)c3)CC2)cc1. The standard InChI is InChI=1S/C23H23FN4O3/c24-19-2-1-3-20(16-19)26-22(29)17-27-11-13-28(14-12-27)23(30)9-6-18-4-7-21(8-5-18)31-15-10-25/h1-9,16H,11-15,17H2,(H,26,29)/b9-6+. The van der Waals surface area contributed by atoms with Crippen LogP contribution in [0.4, 0.5) is 10.1 Å². The third-order valence-corrected chi connectivity index (χ3v) is 4.76. The molecule has 0 spiro atoms. The first-order chi connectivity index (χ1) is 15.0. The molecule has 7 nitrogen and oxygen atoms in total. The molecule has 0 saturated carbocycles. The average Bonchev–Trinajstić information content (AvgIpc) is 2.77. The Balaban J connectivity index is 1.42. The molecule has 0 bridgehead atoms. The molecule has 8 heteroatoms. The summed E-state index contributed by atoms with van der Waals surface area (Å²) in [6, 6.07) is 14.8. The molecular formula is C23H23FN4O3. The van der Waals surface area contributed by atoms with Crippen LogP contribution in [-0.4, -0.2) is 60.9 Å². The highest BCUT2D eigenvalue weighted by Crippen LogP contribution is 2.14. The molecule has 1 aliphatic rings. The summed E-state index contributed by atoms with van der Waals surface area (Å²) < 4.78 is 18.4. The van der Waals surface area contributed by atoms with Crippen molar-refractivity contribution in [3.05, 3.63) is 66.0 Å². The van der Waals surface area contributed by atoms with Gasteiger partial charge in [-0.25, -0.2) is 4.39 Å². The van der Waals surface area contributed by atoms with Crippen LogP contribution >= 0.6 is 0 Å². The number of ether oxygens (including phenoxy) is 1. The summed E-state index contributed by atoms with van der Waals surface area (Å²) in [4.78, 5) is 28.3. The number of hydrogen-bond acceptors (Lipinski definition) is 5. The van der Waals surface area contributed by atoms with Crippen molar-refractivity contribution < 1.29 is 18.7 Å². The Morgan fingerprint density at radius 1 is 1.13 bits per heavy atom. The van der Waals surface area contributed by atoms with E-state index in [1.54, 1.807) is 35.2 Å². The number of nitrogens with zero attached hydrogens (tertiary/aromatic N) is 3. The summed E-state index contributed by atoms with van der Waals surface area (Å²) in [6.45, 7) is 2.40. The van der Waals surface area contributed by atoms with Crippen LogP contribution in [0.1, 0.15) is 5.56 Å². The number of halogens is 1. The zero-order chi connectivity index (χ0) is 22.1. The van der Waals surface area contributed by atoms with E-state index in [-0.39, 0.29) is 25.0 Å². The Hall–Kier alpha value is -3.70. The number of hydrogen-bond donors (Lipinski definition) is 1. The van der Waals surface area contributed by atoms with E-state index in [0.717, 1.165) is 5.56 Å². The fourth-order valence-electron chi connectivity index (χ4n) is 3.16. The lowest BCUT2D eigenvalue weighted by molar-refractivity contribution is -0.127. The molecule has 0 unspecified atom stereocenters. The molecule has 3 rings (SSSR count). The van der Waals surface area contributed by atoms with Gasteiger partial charge in [0.1, 0.15) is 17.6 Å². The largest absolute Gasteiger partial charge is 0.479 e. The lowest BCUT2D eigenvalue weighted by Crippen LogP contribution is -2.50. The number of nitrogens with one attached hydrogen (secondary N) is 1. The first-order valence-corrected chi connectivity index (χ1v) is 9.88. The van der Waals surface area contributed by atoms with Crippen LogP contribution in [0.5, 0.6) is 5.75 Å². The Kier molecular flexibility index (Phi) is 7.73. The normalized spacial score (nSPS) is 14.3. The van der Waals surface area contributed by atoms with Crippen molar-refractivity contribution in [2.24, 2.45) is 0 Å². The molecule has 0 aliphatic carbocycles. The smallest absolute Gasteiger partial charge is 0.246 e. The van der Waals surface area contributed by atoms with E-state index in [1.165, 1.54) is 18.2 Å². The van der Waals surface area contributed by atoms with Crippen LogP contribution in [0.15, 0.2) is 54.6 Å². The summed E-state index contributed by atoms with van der Waals surface area (Å²) in [5.74, 6) is -0.107. The van der Waals surface area contributed by atoms with Gasteiger partial charge in [0.25, 0.3) is 0 Å². The van der Waals surface area contributed by atoms with E-state index in [1.807, 2.05) is 23.1 Å². The molecule has 0 atom stereocenters. The van der Waals surface area contributed by atoms with E-state index in [2.05, 4.69) is 5.32 Å². The highest BCUT2D eigenvalue weighted by Gasteiger charge is 2.21. The van der Waals surface area contributed by atoms with Crippen LogP contribution < -0.4 is 10.1 Å². The molecule has 2 amide bonds. The molecule has 1 N–H and O–H groups in total. The minimum Gasteiger partial charge on any atom is -0.479 e. The van der Waals surface area contributed by atoms with E-state index in [0.29, 0.717) is 37.6 Å². The maximum absolute atomic E-state index is 13.2. The van der Waals surface area contributed by atoms with Crippen molar-refractivity contribution in [1.29, 1.82) is 5.26 Å². The molecule has 2 aromatic carbocycles. The molecule has 0 radical (unpaired) electrons. The van der Waals surface area contributed by atoms with Crippen LogP contribution in [-0.2, 0) is 9.59 Å². The average molecular weight is 422 g/mol. The van der Waals surface area contributed by atoms with Crippen LogP contribution in [0, 0.1) is 17.1 Å². The molecule has 160 valence electrons. The summed E-state index contributed by atoms with van der Waals surface area (Å²) in [7, 11) is 0. The number of carbonyl (C=O) groups excluding carboxylic acids is 2. The van der Waals surface area contributed by atoms with Crippen LogP contribution in [0.25, 0.3) is 6.08 Å². The predicted molar refractivity (Wildman–Crippen MR) is 115 cm³/mol. The Morgan fingerprint density at radius 3 is 2.55 bits per heavy atom. The Labute approximate surface area is 180 Å². The molecule has 1 saturated heterocycles. The molecular weight excluding hydrogens is 399 g/mol. The predicted octanol–water partition coefficient (Wildman–Crippen LogP) is 2.52. The van der Waals surface area contributed by atoms with Gasteiger partial charge >= 0.3 is 0 Å². The number of nitriles is 1. The molecule has 31 heavy (non-hydrogen) atoms. The van der Waals surface area contributed by atoms with Gasteiger partial charge in [-0.3, -0.25) is 14.5 Å². The van der Waals surface area contributed by atoms with Gasteiger partial charge in [-0.15, -0.1) is 0 Å². The minimum atomic E-state index is -0.402. The van der Waals surface area contributed by atoms with E-state index >= 15 is 0 Å². The Bertz CT molecular complexity index is 977. The monoisotopic (exact) mass is 422 g/mol. The highest BCUT2D eigenvalue weighted by atomic mass is 19.1. The van der Waals surface area contributed by atoms with Gasteiger partial charge in [-0.05, 0) is 42.0 Å². The number of benzene rings is 2. The second kappa shape index (κ2) is 10.9. The quantitative estimate of drug-likeness (QED) is 0.693. The Morgan fingerprint density at radius 2 is 1.87 bits per heavy atom. The topological polar surface area (TPSA) is 85.7 Å². The number of rotatable bonds is 7. The van der Waals surface area contributed by atoms with Gasteiger partial charge in [0.05, 0.1) is 6.54 Å². The lowest BCUT2D eigenvalue weighted by Gasteiger charge is -2.33. The van der Waals surface area contributed by atoms with Crippen molar-refractivity contribution in [2.45, 2.75) is 0 Å². The van der Waals surface area contributed by atoms with Crippen molar-refractivity contribution in [3.8, 4) is 11.8 Å². The second-order valence-corrected chi connectivity index (χ2v) is 7.01. The first-order valence-electron chi connectivity index (χ1n) is 9.88. The fraction of sp³-hybridized carbons (Fsp3) is 0.261. The molecule has 0 aromatic heterocycles. The second-order valence-electron chi connectivity index (χ2n) is 7.01. The molecule has 1 aliphatic heterocycles. The number of carbonyl (C=O) groups is 2. The zero-order valence-corrected chi connectivity index (χ0v) is 17.0. The molecule has 1 fully saturated rings. The lowest BCUT2D eigenvalue weighted by atomic mass is 10.2. The number of anilines is 1. The van der Waals surface area contributed by atoms with E-state index in [4.69, 9.17) is 10.00 Å². The van der Waals surface area contributed by atoms with Crippen molar-refractivity contribution in [3.63, 3.8) is 0 Å². The van der Waals surface area contributed by atoms with Gasteiger partial charge < -0.3 is 15.0 Å². The van der Waals surface area contributed by atoms with Crippen molar-refractivity contribution in [1.82, 2.24) is 9.80 Å². The zero-order valence-electron chi connectivity index (χ0n) is 17.0. The van der Waals surface area contributed by atoms with E-state index < -0.39 is 5.82 Å². The van der Waals surface area contributed by atoms with Crippen molar-refractivity contribution in [2.75, 3.05) is 44.6 Å². The summed E-state index contributed by atoms with van der Waals surface area (Å²) in [6.07, 6.45) is 3.26. The van der Waals surface area contributed by atoms with Gasteiger partial charge in [0.2, 0.25) is 11.8 Å². The number of amides is 2. The fourth-order valence-corrected chi connectivity index (χ4v) is 3.16. The van der Waals surface area contributed by atoms with Crippen LogP contribution in [0.2, 0.25) is 0 Å². The van der Waals surface area contributed by atoms with Gasteiger partial charge in [-0.1, -0.05) is 18.2 Å². The summed E-state index contributed by atoms with van der Waals surface area (Å²) >= 11 is 0. The highest BCUT2D eigenvalue weighted by molar-refractivity contribution is 5.93. The third kappa shape index (κ3) is 6.94.